The minimum Gasteiger partial charge on any atom is -0.393 e. The molecular weight excluding hydrogens is 220 g/mol. The fourth-order valence-corrected chi connectivity index (χ4v) is 3.69. The van der Waals surface area contributed by atoms with Crippen LogP contribution < -0.4 is 0 Å². The molecule has 1 fully saturated rings. The van der Waals surface area contributed by atoms with Crippen LogP contribution in [0.3, 0.4) is 0 Å². The van der Waals surface area contributed by atoms with E-state index in [-0.39, 0.29) is 6.10 Å². The molecule has 18 heavy (non-hydrogen) atoms. The van der Waals surface area contributed by atoms with Crippen molar-refractivity contribution < 1.29 is 5.11 Å². The number of aliphatic hydroxyl groups excluding tert-OH is 1. The number of aliphatic hydroxyl groups is 1. The molecule has 0 aliphatic heterocycles. The lowest BCUT2D eigenvalue weighted by Gasteiger charge is -2.34. The Balaban J connectivity index is 2.10. The first-order chi connectivity index (χ1) is 8.63. The molecule has 0 heterocycles. The SMILES string of the molecule is CCCCCCCCC(O)C1CC(C)CC(C)C1. The van der Waals surface area contributed by atoms with Gasteiger partial charge in [0.05, 0.1) is 6.10 Å². The third-order valence-corrected chi connectivity index (χ3v) is 4.61. The summed E-state index contributed by atoms with van der Waals surface area (Å²) < 4.78 is 0. The second kappa shape index (κ2) is 8.96. The van der Waals surface area contributed by atoms with E-state index in [2.05, 4.69) is 20.8 Å². The Morgan fingerprint density at radius 3 is 2.06 bits per heavy atom. The Morgan fingerprint density at radius 2 is 1.44 bits per heavy atom. The summed E-state index contributed by atoms with van der Waals surface area (Å²) >= 11 is 0. The molecule has 3 atom stereocenters. The molecule has 0 aromatic heterocycles. The zero-order chi connectivity index (χ0) is 13.4. The van der Waals surface area contributed by atoms with Crippen molar-refractivity contribution in [1.82, 2.24) is 0 Å². The van der Waals surface area contributed by atoms with Gasteiger partial charge in [0.2, 0.25) is 0 Å². The van der Waals surface area contributed by atoms with Crippen molar-refractivity contribution in [2.24, 2.45) is 17.8 Å². The lowest BCUT2D eigenvalue weighted by atomic mass is 9.74. The Hall–Kier alpha value is -0.0400. The Bertz CT molecular complexity index is 192. The van der Waals surface area contributed by atoms with Gasteiger partial charge in [0.1, 0.15) is 0 Å². The zero-order valence-corrected chi connectivity index (χ0v) is 12.8. The first-order valence-corrected chi connectivity index (χ1v) is 8.31. The Kier molecular flexibility index (Phi) is 7.97. The maximum absolute atomic E-state index is 10.3. The number of unbranched alkanes of at least 4 members (excludes halogenated alkanes) is 5. The third kappa shape index (κ3) is 6.22. The average Bonchev–Trinajstić information content (AvgIpc) is 2.32. The minimum absolute atomic E-state index is 0.0265. The maximum atomic E-state index is 10.3. The van der Waals surface area contributed by atoms with E-state index in [0.717, 1.165) is 18.3 Å². The number of hydrogen-bond donors (Lipinski definition) is 1. The fourth-order valence-electron chi connectivity index (χ4n) is 3.69. The summed E-state index contributed by atoms with van der Waals surface area (Å²) in [6.07, 6.45) is 12.8. The van der Waals surface area contributed by atoms with E-state index in [1.807, 2.05) is 0 Å². The summed E-state index contributed by atoms with van der Waals surface area (Å²) in [4.78, 5) is 0. The first kappa shape index (κ1) is 16.0. The molecule has 0 aromatic carbocycles. The second-order valence-corrected chi connectivity index (χ2v) is 6.80. The normalized spacial score (nSPS) is 30.3. The molecule has 0 radical (unpaired) electrons. The quantitative estimate of drug-likeness (QED) is 0.592. The van der Waals surface area contributed by atoms with E-state index in [9.17, 15) is 5.11 Å². The van der Waals surface area contributed by atoms with Crippen LogP contribution in [0.15, 0.2) is 0 Å². The molecular formula is C17H34O. The van der Waals surface area contributed by atoms with Gasteiger partial charge in [-0.15, -0.1) is 0 Å². The lowest BCUT2D eigenvalue weighted by Crippen LogP contribution is -2.29. The molecule has 0 aromatic rings. The van der Waals surface area contributed by atoms with Gasteiger partial charge in [0.25, 0.3) is 0 Å². The molecule has 1 aliphatic rings. The smallest absolute Gasteiger partial charge is 0.0568 e. The Morgan fingerprint density at radius 1 is 0.889 bits per heavy atom. The summed E-state index contributed by atoms with van der Waals surface area (Å²) in [6, 6.07) is 0. The monoisotopic (exact) mass is 254 g/mol. The highest BCUT2D eigenvalue weighted by molar-refractivity contribution is 4.79. The summed E-state index contributed by atoms with van der Waals surface area (Å²) in [5, 5.41) is 10.3. The van der Waals surface area contributed by atoms with Crippen LogP contribution in [0.5, 0.6) is 0 Å². The van der Waals surface area contributed by atoms with Gasteiger partial charge in [-0.1, -0.05) is 59.3 Å². The highest BCUT2D eigenvalue weighted by Crippen LogP contribution is 2.35. The molecule has 1 aliphatic carbocycles. The molecule has 1 nitrogen and oxygen atoms in total. The maximum Gasteiger partial charge on any atom is 0.0568 e. The van der Waals surface area contributed by atoms with Crippen LogP contribution >= 0.6 is 0 Å². The van der Waals surface area contributed by atoms with Crippen LogP contribution in [0.4, 0.5) is 0 Å². The van der Waals surface area contributed by atoms with Gasteiger partial charge >= 0.3 is 0 Å². The van der Waals surface area contributed by atoms with E-state index in [4.69, 9.17) is 0 Å². The fraction of sp³-hybridized carbons (Fsp3) is 1.00. The highest BCUT2D eigenvalue weighted by Gasteiger charge is 2.28. The largest absolute Gasteiger partial charge is 0.393 e. The predicted molar refractivity (Wildman–Crippen MR) is 79.7 cm³/mol. The van der Waals surface area contributed by atoms with Crippen molar-refractivity contribution in [2.75, 3.05) is 0 Å². The standard InChI is InChI=1S/C17H34O/c1-4-5-6-7-8-9-10-17(18)16-12-14(2)11-15(3)13-16/h14-18H,4-13H2,1-3H3. The van der Waals surface area contributed by atoms with Crippen molar-refractivity contribution in [1.29, 1.82) is 0 Å². The van der Waals surface area contributed by atoms with Gasteiger partial charge < -0.3 is 5.11 Å². The Labute approximate surface area is 114 Å². The van der Waals surface area contributed by atoms with Crippen LogP contribution in [0.2, 0.25) is 0 Å². The number of hydrogen-bond acceptors (Lipinski definition) is 1. The van der Waals surface area contributed by atoms with Crippen molar-refractivity contribution in [3.63, 3.8) is 0 Å². The van der Waals surface area contributed by atoms with Crippen molar-refractivity contribution >= 4 is 0 Å². The minimum atomic E-state index is -0.0265. The molecule has 0 spiro atoms. The van der Waals surface area contributed by atoms with Gasteiger partial charge in [-0.3, -0.25) is 0 Å². The van der Waals surface area contributed by atoms with E-state index in [1.165, 1.54) is 57.8 Å². The predicted octanol–water partition coefficient (Wildman–Crippen LogP) is 5.17. The van der Waals surface area contributed by atoms with Gasteiger partial charge in [-0.05, 0) is 43.4 Å². The molecule has 0 bridgehead atoms. The van der Waals surface area contributed by atoms with Crippen LogP contribution in [-0.4, -0.2) is 11.2 Å². The molecule has 1 N–H and O–H groups in total. The van der Waals surface area contributed by atoms with Crippen LogP contribution in [-0.2, 0) is 0 Å². The van der Waals surface area contributed by atoms with Gasteiger partial charge in [-0.2, -0.15) is 0 Å². The van der Waals surface area contributed by atoms with Gasteiger partial charge in [-0.25, -0.2) is 0 Å². The first-order valence-electron chi connectivity index (χ1n) is 8.31. The summed E-state index contributed by atoms with van der Waals surface area (Å²) in [5.41, 5.74) is 0. The zero-order valence-electron chi connectivity index (χ0n) is 12.8. The van der Waals surface area contributed by atoms with E-state index in [1.54, 1.807) is 0 Å². The van der Waals surface area contributed by atoms with Crippen molar-refractivity contribution in [3.8, 4) is 0 Å². The number of rotatable bonds is 8. The molecule has 0 saturated heterocycles. The molecule has 1 rings (SSSR count). The molecule has 1 saturated carbocycles. The van der Waals surface area contributed by atoms with Crippen LogP contribution in [0.1, 0.15) is 85.0 Å². The van der Waals surface area contributed by atoms with Crippen molar-refractivity contribution in [3.05, 3.63) is 0 Å². The second-order valence-electron chi connectivity index (χ2n) is 6.80. The van der Waals surface area contributed by atoms with E-state index < -0.39 is 0 Å². The van der Waals surface area contributed by atoms with E-state index in [0.29, 0.717) is 5.92 Å². The summed E-state index contributed by atoms with van der Waals surface area (Å²) in [7, 11) is 0. The molecule has 3 unspecified atom stereocenters. The van der Waals surface area contributed by atoms with Crippen molar-refractivity contribution in [2.45, 2.75) is 91.1 Å². The molecule has 108 valence electrons. The molecule has 1 heteroatoms. The van der Waals surface area contributed by atoms with Gasteiger partial charge in [0, 0.05) is 0 Å². The third-order valence-electron chi connectivity index (χ3n) is 4.61. The van der Waals surface area contributed by atoms with Gasteiger partial charge in [0.15, 0.2) is 0 Å². The highest BCUT2D eigenvalue weighted by atomic mass is 16.3. The van der Waals surface area contributed by atoms with Crippen LogP contribution in [0, 0.1) is 17.8 Å². The van der Waals surface area contributed by atoms with E-state index >= 15 is 0 Å². The summed E-state index contributed by atoms with van der Waals surface area (Å²) in [5.74, 6) is 2.22. The topological polar surface area (TPSA) is 20.2 Å². The lowest BCUT2D eigenvalue weighted by molar-refractivity contribution is 0.0479. The summed E-state index contributed by atoms with van der Waals surface area (Å²) in [6.45, 7) is 6.95. The molecule has 0 amide bonds. The average molecular weight is 254 g/mol. The van der Waals surface area contributed by atoms with Crippen LogP contribution in [0.25, 0.3) is 0 Å².